The molecule has 0 saturated heterocycles. The molecule has 1 aliphatic rings. The number of halogens is 1. The molecule has 0 radical (unpaired) electrons. The highest BCUT2D eigenvalue weighted by Crippen LogP contribution is 2.35. The number of carbonyl (C=O) groups is 3. The number of carbonyl (C=O) groups excluding carboxylic acids is 3. The van der Waals surface area contributed by atoms with Crippen LogP contribution in [0, 0.1) is 13.8 Å². The van der Waals surface area contributed by atoms with Crippen molar-refractivity contribution < 1.29 is 14.4 Å². The number of aryl methyl sites for hydroxylation is 1. The van der Waals surface area contributed by atoms with Gasteiger partial charge in [0, 0.05) is 46.9 Å². The Balaban J connectivity index is 1.17. The van der Waals surface area contributed by atoms with E-state index in [1.807, 2.05) is 13.8 Å². The topological polar surface area (TPSA) is 154 Å². The lowest BCUT2D eigenvalue weighted by Gasteiger charge is -2.10. The summed E-state index contributed by atoms with van der Waals surface area (Å²) in [6.45, 7) is 4.41. The number of nitrogen functional groups attached to an aromatic ring is 1. The Morgan fingerprint density at radius 3 is 2.61 bits per heavy atom. The van der Waals surface area contributed by atoms with E-state index in [0.717, 1.165) is 11.1 Å². The molecule has 11 heteroatoms. The highest BCUT2D eigenvalue weighted by atomic mass is 35.5. The van der Waals surface area contributed by atoms with E-state index in [0.29, 0.717) is 69.1 Å². The molecule has 41 heavy (non-hydrogen) atoms. The number of para-hydroxylation sites is 2. The second kappa shape index (κ2) is 11.6. The minimum absolute atomic E-state index is 0.228. The van der Waals surface area contributed by atoms with E-state index >= 15 is 0 Å². The maximum Gasteiger partial charge on any atom is 0.257 e. The maximum absolute atomic E-state index is 13.0. The smallest absolute Gasteiger partial charge is 0.257 e. The van der Waals surface area contributed by atoms with Gasteiger partial charge in [-0.2, -0.15) is 0 Å². The van der Waals surface area contributed by atoms with Crippen molar-refractivity contribution in [1.29, 1.82) is 0 Å². The molecular weight excluding hydrogens is 542 g/mol. The molecule has 0 spiro atoms. The number of anilines is 4. The van der Waals surface area contributed by atoms with Gasteiger partial charge < -0.3 is 32.0 Å². The number of pyridine rings is 1. The summed E-state index contributed by atoms with van der Waals surface area (Å²) in [7, 11) is 0. The van der Waals surface area contributed by atoms with E-state index in [1.165, 1.54) is 6.20 Å². The third-order valence-electron chi connectivity index (χ3n) is 6.71. The lowest BCUT2D eigenvalue weighted by atomic mass is 10.0. The van der Waals surface area contributed by atoms with Gasteiger partial charge in [0.25, 0.3) is 17.7 Å². The summed E-state index contributed by atoms with van der Waals surface area (Å²) in [5.41, 5.74) is 11.8. The number of amides is 3. The zero-order chi connectivity index (χ0) is 29.1. The zero-order valence-corrected chi connectivity index (χ0v) is 23.1. The quantitative estimate of drug-likeness (QED) is 0.101. The molecule has 0 fully saturated rings. The standard InChI is InChI=1S/C30H28ClN7O3/c1-16-25(14-21-20-13-19(31)8-9-23(20)37-29(21)40)36-17(2)27(16)30(41)34-12-11-33-26-10-7-18(15-35-26)28(39)38-24-6-4-3-5-22(24)32/h3-10,13-15,36H,11-12,32H2,1-2H3,(H,33,35)(H,34,41)(H,37,40)(H,38,39). The molecule has 5 rings (SSSR count). The third-order valence-corrected chi connectivity index (χ3v) is 6.94. The molecular formula is C30H28ClN7O3. The summed E-state index contributed by atoms with van der Waals surface area (Å²) < 4.78 is 0. The van der Waals surface area contributed by atoms with Gasteiger partial charge in [-0.25, -0.2) is 4.98 Å². The first kappa shape index (κ1) is 27.5. The fraction of sp³-hybridized carbons (Fsp3) is 0.133. The summed E-state index contributed by atoms with van der Waals surface area (Å²) in [4.78, 5) is 45.5. The molecule has 3 heterocycles. The number of rotatable bonds is 8. The van der Waals surface area contributed by atoms with Crippen LogP contribution in [0.4, 0.5) is 22.9 Å². The number of nitrogens with two attached hydrogens (primary N) is 1. The van der Waals surface area contributed by atoms with Crippen LogP contribution >= 0.6 is 11.6 Å². The van der Waals surface area contributed by atoms with Crippen LogP contribution in [0.3, 0.4) is 0 Å². The Bertz CT molecular complexity index is 1690. The average molecular weight is 570 g/mol. The molecule has 10 nitrogen and oxygen atoms in total. The van der Waals surface area contributed by atoms with Crippen LogP contribution in [0.25, 0.3) is 11.6 Å². The Hall–Kier alpha value is -5.09. The largest absolute Gasteiger partial charge is 0.397 e. The number of hydrogen-bond acceptors (Lipinski definition) is 6. The molecule has 4 aromatic rings. The molecule has 1 aliphatic heterocycles. The Kier molecular flexibility index (Phi) is 7.75. The molecule has 3 amide bonds. The van der Waals surface area contributed by atoms with Crippen LogP contribution in [0.2, 0.25) is 5.02 Å². The predicted molar refractivity (Wildman–Crippen MR) is 162 cm³/mol. The van der Waals surface area contributed by atoms with Gasteiger partial charge in [0.15, 0.2) is 0 Å². The van der Waals surface area contributed by atoms with Crippen LogP contribution in [-0.2, 0) is 4.79 Å². The first-order chi connectivity index (χ1) is 19.7. The Morgan fingerprint density at radius 1 is 1.05 bits per heavy atom. The lowest BCUT2D eigenvalue weighted by Crippen LogP contribution is -2.29. The van der Waals surface area contributed by atoms with E-state index < -0.39 is 0 Å². The second-order valence-electron chi connectivity index (χ2n) is 9.52. The first-order valence-electron chi connectivity index (χ1n) is 12.9. The molecule has 0 atom stereocenters. The average Bonchev–Trinajstić information content (AvgIpc) is 3.41. The van der Waals surface area contributed by atoms with Crippen molar-refractivity contribution in [2.75, 3.05) is 34.8 Å². The van der Waals surface area contributed by atoms with Gasteiger partial charge in [0.05, 0.1) is 28.1 Å². The third kappa shape index (κ3) is 5.92. The molecule has 7 N–H and O–H groups in total. The van der Waals surface area contributed by atoms with Crippen molar-refractivity contribution in [3.63, 3.8) is 0 Å². The van der Waals surface area contributed by atoms with Crippen molar-refractivity contribution in [2.24, 2.45) is 0 Å². The van der Waals surface area contributed by atoms with E-state index in [-0.39, 0.29) is 17.7 Å². The van der Waals surface area contributed by atoms with Gasteiger partial charge in [-0.3, -0.25) is 14.4 Å². The van der Waals surface area contributed by atoms with E-state index in [9.17, 15) is 14.4 Å². The lowest BCUT2D eigenvalue weighted by molar-refractivity contribution is -0.110. The van der Waals surface area contributed by atoms with Crippen molar-refractivity contribution in [3.05, 3.63) is 99.5 Å². The number of aromatic nitrogens is 2. The monoisotopic (exact) mass is 569 g/mol. The second-order valence-corrected chi connectivity index (χ2v) is 9.96. The van der Waals surface area contributed by atoms with Gasteiger partial charge in [0.1, 0.15) is 5.82 Å². The van der Waals surface area contributed by atoms with Crippen LogP contribution in [0.1, 0.15) is 43.2 Å². The van der Waals surface area contributed by atoms with Gasteiger partial charge >= 0.3 is 0 Å². The number of fused-ring (bicyclic) bond motifs is 1. The molecule has 2 aromatic carbocycles. The number of benzene rings is 2. The maximum atomic E-state index is 13.0. The fourth-order valence-electron chi connectivity index (χ4n) is 4.60. The van der Waals surface area contributed by atoms with Crippen LogP contribution in [0.5, 0.6) is 0 Å². The molecule has 0 aliphatic carbocycles. The zero-order valence-electron chi connectivity index (χ0n) is 22.4. The summed E-state index contributed by atoms with van der Waals surface area (Å²) in [6.07, 6.45) is 3.21. The molecule has 0 unspecified atom stereocenters. The van der Waals surface area contributed by atoms with Gasteiger partial charge in [0.2, 0.25) is 0 Å². The number of H-pyrrole nitrogens is 1. The summed E-state index contributed by atoms with van der Waals surface area (Å²) in [5, 5.41) is 12.2. The van der Waals surface area contributed by atoms with Crippen molar-refractivity contribution in [2.45, 2.75) is 13.8 Å². The van der Waals surface area contributed by atoms with Crippen LogP contribution < -0.4 is 27.0 Å². The van der Waals surface area contributed by atoms with E-state index in [1.54, 1.807) is 60.7 Å². The molecule has 0 bridgehead atoms. The SMILES string of the molecule is Cc1[nH]c(C=C2C(=O)Nc3ccc(Cl)cc32)c(C)c1C(=O)NCCNc1ccc(C(=O)Nc2ccccc2N)cn1. The van der Waals surface area contributed by atoms with Crippen molar-refractivity contribution >= 4 is 63.9 Å². The minimum Gasteiger partial charge on any atom is -0.397 e. The number of aromatic amines is 1. The van der Waals surface area contributed by atoms with Gasteiger partial charge in [-0.05, 0) is 68.0 Å². The molecule has 0 saturated carbocycles. The van der Waals surface area contributed by atoms with Crippen molar-refractivity contribution in [1.82, 2.24) is 15.3 Å². The first-order valence-corrected chi connectivity index (χ1v) is 13.2. The van der Waals surface area contributed by atoms with E-state index in [2.05, 4.69) is 31.2 Å². The van der Waals surface area contributed by atoms with Crippen LogP contribution in [-0.4, -0.2) is 40.8 Å². The summed E-state index contributed by atoms with van der Waals surface area (Å²) >= 11 is 6.14. The van der Waals surface area contributed by atoms with Gasteiger partial charge in [-0.1, -0.05) is 23.7 Å². The summed E-state index contributed by atoms with van der Waals surface area (Å²) in [6, 6.07) is 15.6. The molecule has 2 aromatic heterocycles. The van der Waals surface area contributed by atoms with Crippen LogP contribution in [0.15, 0.2) is 60.8 Å². The normalized spacial score (nSPS) is 13.0. The minimum atomic E-state index is -0.317. The summed E-state index contributed by atoms with van der Waals surface area (Å²) in [5.74, 6) is -0.215. The number of hydrogen-bond donors (Lipinski definition) is 6. The Labute approximate surface area is 241 Å². The van der Waals surface area contributed by atoms with Gasteiger partial charge in [-0.15, -0.1) is 0 Å². The highest BCUT2D eigenvalue weighted by Gasteiger charge is 2.26. The number of nitrogens with zero attached hydrogens (tertiary/aromatic N) is 1. The van der Waals surface area contributed by atoms with Crippen molar-refractivity contribution in [3.8, 4) is 0 Å². The predicted octanol–water partition coefficient (Wildman–Crippen LogP) is 4.85. The Morgan fingerprint density at radius 2 is 1.85 bits per heavy atom. The molecule has 208 valence electrons. The highest BCUT2D eigenvalue weighted by molar-refractivity contribution is 6.36. The van der Waals surface area contributed by atoms with E-state index in [4.69, 9.17) is 17.3 Å². The fourth-order valence-corrected chi connectivity index (χ4v) is 4.77. The number of nitrogens with one attached hydrogen (secondary N) is 5.